The van der Waals surface area contributed by atoms with Gasteiger partial charge in [0.05, 0.1) is 26.2 Å². The van der Waals surface area contributed by atoms with Gasteiger partial charge in [-0.05, 0) is 74.0 Å². The fraction of sp³-hybridized carbons (Fsp3) is 0.0870. The average Bonchev–Trinajstić information content (AvgIpc) is 3.18. The molecule has 5 nitrogen and oxygen atoms in total. The number of nitrogens with zero attached hydrogens (tertiary/aromatic N) is 2. The van der Waals surface area contributed by atoms with Crippen molar-refractivity contribution in [3.8, 4) is 5.69 Å². The van der Waals surface area contributed by atoms with Crippen molar-refractivity contribution in [2.75, 3.05) is 4.90 Å². The summed E-state index contributed by atoms with van der Waals surface area (Å²) in [5.74, 6) is -1.20. The molecule has 2 aromatic carbocycles. The first kappa shape index (κ1) is 22.6. The van der Waals surface area contributed by atoms with E-state index >= 15 is 0 Å². The molecule has 0 saturated carbocycles. The Kier molecular flexibility index (Phi) is 6.18. The summed E-state index contributed by atoms with van der Waals surface area (Å²) in [7, 11) is 0. The van der Waals surface area contributed by atoms with Crippen LogP contribution >= 0.6 is 47.2 Å². The van der Waals surface area contributed by atoms with Crippen molar-refractivity contribution in [2.24, 2.45) is 0 Å². The molecule has 0 unspecified atom stereocenters. The van der Waals surface area contributed by atoms with Crippen molar-refractivity contribution >= 4 is 75.1 Å². The number of anilines is 1. The molecule has 1 aromatic heterocycles. The third-order valence-corrected chi connectivity index (χ3v) is 7.13. The van der Waals surface area contributed by atoms with Gasteiger partial charge in [-0.25, -0.2) is 4.79 Å². The summed E-state index contributed by atoms with van der Waals surface area (Å²) in [6, 6.07) is 13.6. The molecule has 0 bridgehead atoms. The Balaban J connectivity index is 1.68. The quantitative estimate of drug-likeness (QED) is 0.325. The summed E-state index contributed by atoms with van der Waals surface area (Å²) in [6.07, 6.45) is 1.82. The number of aromatic nitrogens is 1. The van der Waals surface area contributed by atoms with E-state index in [0.29, 0.717) is 25.0 Å². The van der Waals surface area contributed by atoms with Gasteiger partial charge in [0.1, 0.15) is 0 Å². The van der Waals surface area contributed by atoms with Gasteiger partial charge >= 0.3 is 5.97 Å². The number of amides is 1. The minimum absolute atomic E-state index is 0.224. The molecule has 0 aliphatic carbocycles. The Bertz CT molecular complexity index is 1310. The van der Waals surface area contributed by atoms with E-state index in [0.717, 1.165) is 22.6 Å². The van der Waals surface area contributed by atoms with Gasteiger partial charge in [0, 0.05) is 17.1 Å². The van der Waals surface area contributed by atoms with Crippen molar-refractivity contribution < 1.29 is 14.7 Å². The smallest absolute Gasteiger partial charge is 0.335 e. The number of rotatable bonds is 4. The molecule has 9 heteroatoms. The second-order valence-electron chi connectivity index (χ2n) is 7.13. The summed E-state index contributed by atoms with van der Waals surface area (Å²) >= 11 is 18.8. The maximum absolute atomic E-state index is 13.1. The Morgan fingerprint density at radius 3 is 2.31 bits per heavy atom. The SMILES string of the molecule is Cc1cc(/C=C2\SC(=S)N(c3ccc(Cl)c(Cl)c3)C2=O)c(C)n1-c1ccc(C(=O)O)cc1. The van der Waals surface area contributed by atoms with E-state index in [9.17, 15) is 9.59 Å². The highest BCUT2D eigenvalue weighted by molar-refractivity contribution is 8.27. The molecule has 0 spiro atoms. The van der Waals surface area contributed by atoms with Gasteiger partial charge in [0.15, 0.2) is 4.32 Å². The van der Waals surface area contributed by atoms with Gasteiger partial charge in [-0.2, -0.15) is 0 Å². The van der Waals surface area contributed by atoms with Crippen molar-refractivity contribution in [2.45, 2.75) is 13.8 Å². The first-order valence-corrected chi connectivity index (χ1v) is 11.4. The molecule has 162 valence electrons. The number of thiocarbonyl (C=S) groups is 1. The largest absolute Gasteiger partial charge is 0.478 e. The van der Waals surface area contributed by atoms with Crippen molar-refractivity contribution in [1.29, 1.82) is 0 Å². The third kappa shape index (κ3) is 4.09. The summed E-state index contributed by atoms with van der Waals surface area (Å²) in [6.45, 7) is 3.90. The van der Waals surface area contributed by atoms with Crippen LogP contribution in [0.1, 0.15) is 27.3 Å². The molecule has 0 atom stereocenters. The van der Waals surface area contributed by atoms with Crippen LogP contribution in [0.2, 0.25) is 10.0 Å². The fourth-order valence-corrected chi connectivity index (χ4v) is 5.12. The number of carbonyl (C=O) groups is 2. The lowest BCUT2D eigenvalue weighted by Crippen LogP contribution is -2.27. The van der Waals surface area contributed by atoms with Crippen LogP contribution < -0.4 is 4.90 Å². The Morgan fingerprint density at radius 2 is 1.69 bits per heavy atom. The standard InChI is InChI=1S/C23H16Cl2N2O3S2/c1-12-9-15(13(2)26(12)16-5-3-14(4-6-16)22(29)30)10-20-21(28)27(23(31)32-20)17-7-8-18(24)19(25)11-17/h3-11H,1-2H3,(H,29,30)/b20-10-. The maximum atomic E-state index is 13.1. The molecule has 32 heavy (non-hydrogen) atoms. The predicted octanol–water partition coefficient (Wildman–Crippen LogP) is 6.50. The van der Waals surface area contributed by atoms with Crippen LogP contribution in [0.3, 0.4) is 0 Å². The number of benzene rings is 2. The van der Waals surface area contributed by atoms with Gasteiger partial charge in [-0.1, -0.05) is 47.2 Å². The van der Waals surface area contributed by atoms with Crippen molar-refractivity contribution in [3.05, 3.63) is 86.0 Å². The number of carbonyl (C=O) groups excluding carboxylic acids is 1. The molecule has 2 heterocycles. The number of hydrogen-bond acceptors (Lipinski definition) is 4. The summed E-state index contributed by atoms with van der Waals surface area (Å²) < 4.78 is 2.43. The van der Waals surface area contributed by atoms with Gasteiger partial charge in [-0.15, -0.1) is 0 Å². The highest BCUT2D eigenvalue weighted by atomic mass is 35.5. The number of carboxylic acid groups (broad SMARTS) is 1. The van der Waals surface area contributed by atoms with Gasteiger partial charge < -0.3 is 9.67 Å². The molecule has 1 saturated heterocycles. The van der Waals surface area contributed by atoms with E-state index in [1.165, 1.54) is 16.7 Å². The molecule has 1 aliphatic heterocycles. The second-order valence-corrected chi connectivity index (χ2v) is 9.62. The Labute approximate surface area is 204 Å². The van der Waals surface area contributed by atoms with Crippen LogP contribution in [0.4, 0.5) is 5.69 Å². The van der Waals surface area contributed by atoms with E-state index in [2.05, 4.69) is 0 Å². The lowest BCUT2D eigenvalue weighted by Gasteiger charge is -2.15. The van der Waals surface area contributed by atoms with Crippen LogP contribution in [0.25, 0.3) is 11.8 Å². The first-order chi connectivity index (χ1) is 15.2. The van der Waals surface area contributed by atoms with Crippen LogP contribution in [0, 0.1) is 13.8 Å². The minimum atomic E-state index is -0.970. The Morgan fingerprint density at radius 1 is 1.03 bits per heavy atom. The zero-order chi connectivity index (χ0) is 23.2. The second kappa shape index (κ2) is 8.75. The number of carboxylic acids is 1. The average molecular weight is 503 g/mol. The lowest BCUT2D eigenvalue weighted by atomic mass is 10.2. The normalized spacial score (nSPS) is 15.1. The van der Waals surface area contributed by atoms with E-state index < -0.39 is 5.97 Å². The van der Waals surface area contributed by atoms with Crippen LogP contribution in [-0.2, 0) is 4.79 Å². The van der Waals surface area contributed by atoms with E-state index in [-0.39, 0.29) is 11.5 Å². The highest BCUT2D eigenvalue weighted by Crippen LogP contribution is 2.38. The van der Waals surface area contributed by atoms with E-state index in [4.69, 9.17) is 40.5 Å². The number of hydrogen-bond donors (Lipinski definition) is 1. The monoisotopic (exact) mass is 502 g/mol. The van der Waals surface area contributed by atoms with Crippen LogP contribution in [-0.4, -0.2) is 25.9 Å². The molecule has 1 fully saturated rings. The number of aromatic carboxylic acids is 1. The molecule has 0 radical (unpaired) electrons. The number of aryl methyl sites for hydroxylation is 1. The van der Waals surface area contributed by atoms with Gasteiger partial charge in [0.25, 0.3) is 5.91 Å². The third-order valence-electron chi connectivity index (χ3n) is 5.08. The summed E-state index contributed by atoms with van der Waals surface area (Å²) in [4.78, 5) is 26.2. The summed E-state index contributed by atoms with van der Waals surface area (Å²) in [5.41, 5.74) is 4.38. The topological polar surface area (TPSA) is 62.5 Å². The minimum Gasteiger partial charge on any atom is -0.478 e. The zero-order valence-corrected chi connectivity index (χ0v) is 20.1. The molecular weight excluding hydrogens is 487 g/mol. The Hall–Kier alpha value is -2.58. The first-order valence-electron chi connectivity index (χ1n) is 9.43. The maximum Gasteiger partial charge on any atom is 0.335 e. The highest BCUT2D eigenvalue weighted by Gasteiger charge is 2.33. The van der Waals surface area contributed by atoms with E-state index in [1.54, 1.807) is 42.5 Å². The molecule has 1 amide bonds. The predicted molar refractivity (Wildman–Crippen MR) is 134 cm³/mol. The zero-order valence-electron chi connectivity index (χ0n) is 16.9. The lowest BCUT2D eigenvalue weighted by molar-refractivity contribution is -0.113. The van der Waals surface area contributed by atoms with Crippen molar-refractivity contribution in [3.63, 3.8) is 0 Å². The molecule has 4 rings (SSSR count). The summed E-state index contributed by atoms with van der Waals surface area (Å²) in [5, 5.41) is 9.87. The number of halogens is 2. The van der Waals surface area contributed by atoms with Crippen LogP contribution in [0.5, 0.6) is 0 Å². The molecule has 1 N–H and O–H groups in total. The number of thioether (sulfide) groups is 1. The van der Waals surface area contributed by atoms with Crippen LogP contribution in [0.15, 0.2) is 53.4 Å². The molecular formula is C23H16Cl2N2O3S2. The fourth-order valence-electron chi connectivity index (χ4n) is 3.54. The molecule has 3 aromatic rings. The van der Waals surface area contributed by atoms with Gasteiger partial charge in [-0.3, -0.25) is 9.69 Å². The van der Waals surface area contributed by atoms with E-state index in [1.807, 2.05) is 30.6 Å². The van der Waals surface area contributed by atoms with Gasteiger partial charge in [0.2, 0.25) is 0 Å². The molecule has 1 aliphatic rings. The van der Waals surface area contributed by atoms with Crippen molar-refractivity contribution in [1.82, 2.24) is 4.57 Å².